The number of hydrogen-bond acceptors (Lipinski definition) is 9. The Kier molecular flexibility index (Phi) is 7.41. The second kappa shape index (κ2) is 10.4. The number of ether oxygens (including phenoxy) is 2. The van der Waals surface area contributed by atoms with Gasteiger partial charge in [-0.1, -0.05) is 16.5 Å². The molecule has 0 saturated carbocycles. The Bertz CT molecular complexity index is 990. The van der Waals surface area contributed by atoms with Crippen LogP contribution < -0.4 is 9.47 Å². The molecule has 4 rings (SSSR count). The Balaban J connectivity index is 1.24. The van der Waals surface area contributed by atoms with Gasteiger partial charge in [0.15, 0.2) is 10.8 Å². The number of benzene rings is 1. The maximum Gasteiger partial charge on any atom is 0.194 e. The summed E-state index contributed by atoms with van der Waals surface area (Å²) in [4.78, 5) is 8.84. The van der Waals surface area contributed by atoms with Gasteiger partial charge in [-0.2, -0.15) is 0 Å². The standard InChI is InChI=1S/C23H30N4O4S/c1-16-12-26(8-9-27(16)13-19(28)15-30-23-11-24-17(2)32-23)14-21-10-22(25-31-21)18-4-6-20(29-3)7-5-18/h4-7,10-11,16,19,28H,8-9,12-15H2,1-3H3/t16-,19-/m1/s1. The Morgan fingerprint density at radius 3 is 2.78 bits per heavy atom. The molecule has 2 aromatic heterocycles. The molecule has 0 radical (unpaired) electrons. The zero-order valence-corrected chi connectivity index (χ0v) is 19.5. The predicted molar refractivity (Wildman–Crippen MR) is 123 cm³/mol. The summed E-state index contributed by atoms with van der Waals surface area (Å²) in [5.74, 6) is 1.67. The molecule has 1 saturated heterocycles. The first-order valence-electron chi connectivity index (χ1n) is 10.8. The van der Waals surface area contributed by atoms with E-state index in [9.17, 15) is 5.11 Å². The molecule has 1 N–H and O–H groups in total. The lowest BCUT2D eigenvalue weighted by Gasteiger charge is -2.40. The smallest absolute Gasteiger partial charge is 0.194 e. The second-order valence-corrected chi connectivity index (χ2v) is 9.35. The third-order valence-corrected chi connectivity index (χ3v) is 6.46. The van der Waals surface area contributed by atoms with Crippen molar-refractivity contribution in [2.75, 3.05) is 39.9 Å². The van der Waals surface area contributed by atoms with Crippen molar-refractivity contribution in [3.05, 3.63) is 47.3 Å². The van der Waals surface area contributed by atoms with Crippen molar-refractivity contribution in [2.24, 2.45) is 0 Å². The molecule has 0 spiro atoms. The van der Waals surface area contributed by atoms with Crippen LogP contribution in [-0.4, -0.2) is 77.1 Å². The quantitative estimate of drug-likeness (QED) is 0.524. The van der Waals surface area contributed by atoms with Crippen LogP contribution in [0, 0.1) is 6.92 Å². The highest BCUT2D eigenvalue weighted by molar-refractivity contribution is 7.13. The van der Waals surface area contributed by atoms with E-state index in [1.165, 1.54) is 11.3 Å². The minimum absolute atomic E-state index is 0.279. The average Bonchev–Trinajstić information content (AvgIpc) is 3.43. The summed E-state index contributed by atoms with van der Waals surface area (Å²) in [6, 6.07) is 10.1. The van der Waals surface area contributed by atoms with Gasteiger partial charge < -0.3 is 19.1 Å². The number of thiazole rings is 1. The lowest BCUT2D eigenvalue weighted by molar-refractivity contribution is 0.0183. The molecular formula is C23H30N4O4S. The lowest BCUT2D eigenvalue weighted by Crippen LogP contribution is -2.53. The SMILES string of the molecule is COc1ccc(-c2cc(CN3CCN(C[C@@H](O)COc4cnc(C)s4)[C@H](C)C3)on2)cc1. The Labute approximate surface area is 192 Å². The Morgan fingerprint density at radius 2 is 2.09 bits per heavy atom. The minimum Gasteiger partial charge on any atom is -0.497 e. The fourth-order valence-electron chi connectivity index (χ4n) is 3.90. The van der Waals surface area contributed by atoms with Crippen molar-refractivity contribution in [2.45, 2.75) is 32.5 Å². The van der Waals surface area contributed by atoms with Gasteiger partial charge in [0.1, 0.15) is 24.2 Å². The highest BCUT2D eigenvalue weighted by atomic mass is 32.1. The second-order valence-electron chi connectivity index (χ2n) is 8.15. The third kappa shape index (κ3) is 5.86. The summed E-state index contributed by atoms with van der Waals surface area (Å²) >= 11 is 1.50. The summed E-state index contributed by atoms with van der Waals surface area (Å²) in [6.07, 6.45) is 1.17. The molecular weight excluding hydrogens is 428 g/mol. The highest BCUT2D eigenvalue weighted by Crippen LogP contribution is 2.24. The number of rotatable bonds is 9. The molecule has 172 valence electrons. The van der Waals surface area contributed by atoms with Gasteiger partial charge in [-0.05, 0) is 38.1 Å². The van der Waals surface area contributed by atoms with Crippen LogP contribution in [0.1, 0.15) is 17.7 Å². The maximum atomic E-state index is 10.4. The molecule has 8 nitrogen and oxygen atoms in total. The van der Waals surface area contributed by atoms with Crippen molar-refractivity contribution in [3.63, 3.8) is 0 Å². The molecule has 9 heteroatoms. The van der Waals surface area contributed by atoms with E-state index < -0.39 is 6.10 Å². The summed E-state index contributed by atoms with van der Waals surface area (Å²) in [6.45, 7) is 8.42. The zero-order chi connectivity index (χ0) is 22.5. The van der Waals surface area contributed by atoms with Gasteiger partial charge in [-0.25, -0.2) is 4.98 Å². The van der Waals surface area contributed by atoms with Gasteiger partial charge in [-0.15, -0.1) is 0 Å². The number of nitrogens with zero attached hydrogens (tertiary/aromatic N) is 4. The van der Waals surface area contributed by atoms with E-state index >= 15 is 0 Å². The van der Waals surface area contributed by atoms with E-state index in [2.05, 4.69) is 26.9 Å². The summed E-state index contributed by atoms with van der Waals surface area (Å²) in [5.41, 5.74) is 1.83. The van der Waals surface area contributed by atoms with E-state index in [1.807, 2.05) is 37.3 Å². The van der Waals surface area contributed by atoms with Crippen molar-refractivity contribution < 1.29 is 19.1 Å². The van der Waals surface area contributed by atoms with Crippen LogP contribution in [-0.2, 0) is 6.54 Å². The van der Waals surface area contributed by atoms with Crippen LogP contribution in [0.25, 0.3) is 11.3 Å². The van der Waals surface area contributed by atoms with Gasteiger partial charge in [0, 0.05) is 43.9 Å². The van der Waals surface area contributed by atoms with Crippen molar-refractivity contribution in [1.29, 1.82) is 0 Å². The van der Waals surface area contributed by atoms with Crippen LogP contribution >= 0.6 is 11.3 Å². The molecule has 0 unspecified atom stereocenters. The largest absolute Gasteiger partial charge is 0.497 e. The van der Waals surface area contributed by atoms with Crippen molar-refractivity contribution in [3.8, 4) is 22.1 Å². The molecule has 1 aliphatic heterocycles. The molecule has 3 aromatic rings. The number of aliphatic hydroxyl groups excluding tert-OH is 1. The average molecular weight is 459 g/mol. The van der Waals surface area contributed by atoms with Gasteiger partial charge in [0.2, 0.25) is 0 Å². The summed E-state index contributed by atoms with van der Waals surface area (Å²) in [7, 11) is 1.65. The van der Waals surface area contributed by atoms with Gasteiger partial charge in [0.05, 0.1) is 24.9 Å². The molecule has 3 heterocycles. The normalized spacial score (nSPS) is 18.6. The molecule has 0 amide bonds. The monoisotopic (exact) mass is 458 g/mol. The van der Waals surface area contributed by atoms with E-state index in [1.54, 1.807) is 13.3 Å². The first-order chi connectivity index (χ1) is 15.5. The number of methoxy groups -OCH3 is 1. The topological polar surface area (TPSA) is 84.1 Å². The molecule has 1 aromatic carbocycles. The van der Waals surface area contributed by atoms with Gasteiger partial charge >= 0.3 is 0 Å². The molecule has 2 atom stereocenters. The van der Waals surface area contributed by atoms with Crippen LogP contribution in [0.4, 0.5) is 0 Å². The molecule has 0 bridgehead atoms. The zero-order valence-electron chi connectivity index (χ0n) is 18.7. The number of aliphatic hydroxyl groups is 1. The number of hydrogen-bond donors (Lipinski definition) is 1. The fraction of sp³-hybridized carbons (Fsp3) is 0.478. The predicted octanol–water partition coefficient (Wildman–Crippen LogP) is 3.06. The summed E-state index contributed by atoms with van der Waals surface area (Å²) < 4.78 is 16.5. The van der Waals surface area contributed by atoms with E-state index in [0.29, 0.717) is 12.6 Å². The maximum absolute atomic E-state index is 10.4. The molecule has 1 fully saturated rings. The summed E-state index contributed by atoms with van der Waals surface area (Å²) in [5, 5.41) is 16.3. The van der Waals surface area contributed by atoms with Crippen molar-refractivity contribution in [1.82, 2.24) is 19.9 Å². The van der Waals surface area contributed by atoms with E-state index in [0.717, 1.165) is 59.0 Å². The van der Waals surface area contributed by atoms with E-state index in [4.69, 9.17) is 14.0 Å². The highest BCUT2D eigenvalue weighted by Gasteiger charge is 2.26. The number of aromatic nitrogens is 2. The first kappa shape index (κ1) is 22.7. The van der Waals surface area contributed by atoms with E-state index in [-0.39, 0.29) is 6.61 Å². The minimum atomic E-state index is -0.535. The number of piperazine rings is 1. The fourth-order valence-corrected chi connectivity index (χ4v) is 4.53. The molecule has 0 aliphatic carbocycles. The Morgan fingerprint density at radius 1 is 1.28 bits per heavy atom. The molecule has 32 heavy (non-hydrogen) atoms. The Hall–Kier alpha value is -2.46. The van der Waals surface area contributed by atoms with Crippen LogP contribution in [0.3, 0.4) is 0 Å². The number of aryl methyl sites for hydroxylation is 1. The first-order valence-corrected chi connectivity index (χ1v) is 11.6. The molecule has 1 aliphatic rings. The third-order valence-electron chi connectivity index (χ3n) is 5.64. The van der Waals surface area contributed by atoms with Gasteiger partial charge in [-0.3, -0.25) is 9.80 Å². The van der Waals surface area contributed by atoms with Crippen LogP contribution in [0.5, 0.6) is 10.8 Å². The number of β-amino-alcohol motifs (C(OH)–C–C–N with tert-alkyl or cyclic N) is 1. The van der Waals surface area contributed by atoms with Crippen LogP contribution in [0.2, 0.25) is 0 Å². The van der Waals surface area contributed by atoms with Gasteiger partial charge in [0.25, 0.3) is 0 Å². The lowest BCUT2D eigenvalue weighted by atomic mass is 10.1. The van der Waals surface area contributed by atoms with Crippen LogP contribution in [0.15, 0.2) is 41.1 Å². The van der Waals surface area contributed by atoms with Crippen molar-refractivity contribution >= 4 is 11.3 Å².